The zero-order valence-electron chi connectivity index (χ0n) is 21.4. The third-order valence-electron chi connectivity index (χ3n) is 4.78. The first-order chi connectivity index (χ1) is 17.9. The molecule has 0 aromatic carbocycles. The van der Waals surface area contributed by atoms with E-state index in [1.807, 2.05) is 109 Å². The summed E-state index contributed by atoms with van der Waals surface area (Å²) in [5.74, 6) is 0. The maximum atomic E-state index is 4.19. The standard InChI is InChI=1S/3C10H8N2.4ClH.Ru/c3*1-3-7-11-9(5-1)10-6-2-4-8-12-10;;;;;/h3*1-8H;4*1H;/q;;;;;;;+4/p-4. The van der Waals surface area contributed by atoms with Gasteiger partial charge in [-0.25, -0.2) is 0 Å². The van der Waals surface area contributed by atoms with Crippen LogP contribution in [0.2, 0.25) is 0 Å². The molecule has 0 amide bonds. The summed E-state index contributed by atoms with van der Waals surface area (Å²) in [5, 5.41) is 0. The Hall–Kier alpha value is -3.32. The van der Waals surface area contributed by atoms with Gasteiger partial charge in [-0.05, 0) is 72.8 Å². The van der Waals surface area contributed by atoms with Crippen LogP contribution >= 0.6 is 0 Å². The number of hydrogen-bond donors (Lipinski definition) is 0. The molecule has 0 fully saturated rings. The van der Waals surface area contributed by atoms with Crippen molar-refractivity contribution in [1.29, 1.82) is 0 Å². The predicted molar refractivity (Wildman–Crippen MR) is 142 cm³/mol. The number of rotatable bonds is 3. The Bertz CT molecular complexity index is 1120. The topological polar surface area (TPSA) is 77.3 Å². The van der Waals surface area contributed by atoms with Crippen LogP contribution in [0.1, 0.15) is 0 Å². The Balaban J connectivity index is 0. The molecule has 6 rings (SSSR count). The second kappa shape index (κ2) is 23.4. The fourth-order valence-corrected chi connectivity index (χ4v) is 3.09. The molecule has 0 aliphatic rings. The van der Waals surface area contributed by atoms with Crippen LogP contribution in [0.15, 0.2) is 146 Å². The number of pyridine rings is 6. The second-order valence-corrected chi connectivity index (χ2v) is 7.29. The molecular weight excluding hydrogens is 687 g/mol. The summed E-state index contributed by atoms with van der Waals surface area (Å²) in [5.41, 5.74) is 5.49. The smallest absolute Gasteiger partial charge is 1.00 e. The van der Waals surface area contributed by atoms with Gasteiger partial charge in [0.05, 0.1) is 34.2 Å². The van der Waals surface area contributed by atoms with E-state index in [1.54, 1.807) is 37.2 Å². The minimum atomic E-state index is 0. The summed E-state index contributed by atoms with van der Waals surface area (Å²) >= 11 is 0. The molecule has 0 aliphatic heterocycles. The van der Waals surface area contributed by atoms with E-state index in [0.29, 0.717) is 0 Å². The predicted octanol–water partition coefficient (Wildman–Crippen LogP) is -5.56. The van der Waals surface area contributed by atoms with Crippen molar-refractivity contribution in [1.82, 2.24) is 29.9 Å². The van der Waals surface area contributed by atoms with E-state index >= 15 is 0 Å². The van der Waals surface area contributed by atoms with E-state index in [-0.39, 0.29) is 69.1 Å². The number of aromatic nitrogens is 6. The van der Waals surface area contributed by atoms with E-state index in [2.05, 4.69) is 29.9 Å². The summed E-state index contributed by atoms with van der Waals surface area (Å²) in [6.45, 7) is 0. The van der Waals surface area contributed by atoms with Crippen molar-refractivity contribution in [3.63, 3.8) is 0 Å². The van der Waals surface area contributed by atoms with E-state index < -0.39 is 0 Å². The fraction of sp³-hybridized carbons (Fsp3) is 0. The van der Waals surface area contributed by atoms with Gasteiger partial charge in [-0.3, -0.25) is 29.9 Å². The van der Waals surface area contributed by atoms with E-state index in [0.717, 1.165) is 34.2 Å². The minimum Gasteiger partial charge on any atom is -1.00 e. The molecule has 0 saturated carbocycles. The minimum absolute atomic E-state index is 0. The molecule has 0 bridgehead atoms. The molecule has 0 radical (unpaired) electrons. The van der Waals surface area contributed by atoms with Crippen molar-refractivity contribution in [3.05, 3.63) is 146 Å². The third kappa shape index (κ3) is 13.7. The molecule has 0 aliphatic carbocycles. The molecule has 0 unspecified atom stereocenters. The van der Waals surface area contributed by atoms with Gasteiger partial charge in [0.25, 0.3) is 0 Å². The molecule has 210 valence electrons. The molecule has 0 atom stereocenters. The van der Waals surface area contributed by atoms with Crippen molar-refractivity contribution in [2.45, 2.75) is 0 Å². The van der Waals surface area contributed by atoms with Crippen molar-refractivity contribution >= 4 is 0 Å². The zero-order chi connectivity index (χ0) is 24.7. The molecule has 11 heteroatoms. The molecule has 6 nitrogen and oxygen atoms in total. The van der Waals surface area contributed by atoms with Gasteiger partial charge < -0.3 is 49.6 Å². The molecule has 0 saturated heterocycles. The Morgan fingerprint density at radius 2 is 0.390 bits per heavy atom. The fourth-order valence-electron chi connectivity index (χ4n) is 3.09. The van der Waals surface area contributed by atoms with Crippen molar-refractivity contribution < 1.29 is 69.1 Å². The van der Waals surface area contributed by atoms with Gasteiger partial charge in [0, 0.05) is 37.2 Å². The summed E-state index contributed by atoms with van der Waals surface area (Å²) in [7, 11) is 0. The molecule has 0 spiro atoms. The van der Waals surface area contributed by atoms with E-state index in [4.69, 9.17) is 0 Å². The first kappa shape index (κ1) is 39.8. The summed E-state index contributed by atoms with van der Waals surface area (Å²) in [6.07, 6.45) is 10.6. The quantitative estimate of drug-likeness (QED) is 0.171. The van der Waals surface area contributed by atoms with Gasteiger partial charge >= 0.3 is 19.5 Å². The van der Waals surface area contributed by atoms with Crippen LogP contribution in [0.4, 0.5) is 0 Å². The first-order valence-corrected chi connectivity index (χ1v) is 11.4. The van der Waals surface area contributed by atoms with Crippen LogP contribution < -0.4 is 49.6 Å². The molecule has 0 N–H and O–H groups in total. The van der Waals surface area contributed by atoms with Crippen molar-refractivity contribution in [2.24, 2.45) is 0 Å². The van der Waals surface area contributed by atoms with Gasteiger partial charge in [0.1, 0.15) is 0 Å². The van der Waals surface area contributed by atoms with Crippen LogP contribution in [-0.4, -0.2) is 29.9 Å². The maximum absolute atomic E-state index is 4.19. The van der Waals surface area contributed by atoms with Gasteiger partial charge in [-0.2, -0.15) is 0 Å². The van der Waals surface area contributed by atoms with Crippen molar-refractivity contribution in [3.8, 4) is 34.2 Å². The first-order valence-electron chi connectivity index (χ1n) is 11.4. The largest absolute Gasteiger partial charge is 4.00 e. The average molecular weight is 711 g/mol. The van der Waals surface area contributed by atoms with Crippen LogP contribution in [0.3, 0.4) is 0 Å². The van der Waals surface area contributed by atoms with Crippen molar-refractivity contribution in [2.75, 3.05) is 0 Å². The third-order valence-corrected chi connectivity index (χ3v) is 4.78. The normalized spacial score (nSPS) is 8.49. The number of hydrogen-bond acceptors (Lipinski definition) is 6. The molecular formula is C30H24Cl4N6Ru. The Morgan fingerprint density at radius 1 is 0.244 bits per heavy atom. The SMILES string of the molecule is [Cl-].[Cl-].[Cl-].[Cl-].[Ru+4].c1ccc(-c2ccccn2)nc1.c1ccc(-c2ccccn2)nc1.c1ccc(-c2ccccn2)nc1. The van der Waals surface area contributed by atoms with Crippen LogP contribution in [0, 0.1) is 0 Å². The van der Waals surface area contributed by atoms with E-state index in [1.165, 1.54) is 0 Å². The number of halogens is 4. The Labute approximate surface area is 278 Å². The summed E-state index contributed by atoms with van der Waals surface area (Å²) in [6, 6.07) is 34.8. The Morgan fingerprint density at radius 3 is 0.488 bits per heavy atom. The maximum Gasteiger partial charge on any atom is 4.00 e. The molecule has 6 heterocycles. The Kier molecular flexibility index (Phi) is 22.7. The van der Waals surface area contributed by atoms with Crippen LogP contribution in [0.5, 0.6) is 0 Å². The van der Waals surface area contributed by atoms with Crippen LogP contribution in [-0.2, 0) is 19.5 Å². The summed E-state index contributed by atoms with van der Waals surface area (Å²) < 4.78 is 0. The van der Waals surface area contributed by atoms with Gasteiger partial charge in [0.2, 0.25) is 0 Å². The average Bonchev–Trinajstić information content (AvgIpc) is 3.01. The van der Waals surface area contributed by atoms with Gasteiger partial charge in [-0.1, -0.05) is 36.4 Å². The summed E-state index contributed by atoms with van der Waals surface area (Å²) in [4.78, 5) is 25.1. The van der Waals surface area contributed by atoms with Crippen LogP contribution in [0.25, 0.3) is 34.2 Å². The molecule has 6 aromatic heterocycles. The van der Waals surface area contributed by atoms with Gasteiger partial charge in [0.15, 0.2) is 0 Å². The zero-order valence-corrected chi connectivity index (χ0v) is 26.2. The molecule has 6 aromatic rings. The number of nitrogens with zero attached hydrogens (tertiary/aromatic N) is 6. The van der Waals surface area contributed by atoms with E-state index in [9.17, 15) is 0 Å². The monoisotopic (exact) mass is 710 g/mol. The molecule has 41 heavy (non-hydrogen) atoms. The second-order valence-electron chi connectivity index (χ2n) is 7.29. The van der Waals surface area contributed by atoms with Gasteiger partial charge in [-0.15, -0.1) is 0 Å².